The third-order valence-corrected chi connectivity index (χ3v) is 4.72. The van der Waals surface area contributed by atoms with E-state index in [1.54, 1.807) is 0 Å². The molecule has 0 aliphatic carbocycles. The molecule has 1 aromatic rings. The van der Waals surface area contributed by atoms with Crippen LogP contribution in [0.3, 0.4) is 0 Å². The van der Waals surface area contributed by atoms with E-state index in [1.807, 2.05) is 6.92 Å². The van der Waals surface area contributed by atoms with E-state index in [2.05, 4.69) is 25.7 Å². The van der Waals surface area contributed by atoms with E-state index in [4.69, 9.17) is 4.52 Å². The zero-order chi connectivity index (χ0) is 16.1. The Bertz CT molecular complexity index is 518. The lowest BCUT2D eigenvalue weighted by Crippen LogP contribution is -2.45. The van der Waals surface area contributed by atoms with Crippen molar-refractivity contribution in [1.82, 2.24) is 25.7 Å². The van der Waals surface area contributed by atoms with E-state index < -0.39 is 0 Å². The number of hydrogen-bond acceptors (Lipinski definition) is 6. The highest BCUT2D eigenvalue weighted by Crippen LogP contribution is 2.17. The van der Waals surface area contributed by atoms with Gasteiger partial charge in [-0.3, -0.25) is 9.69 Å². The molecule has 0 saturated carbocycles. The molecule has 2 aliphatic heterocycles. The molecular weight excluding hydrogens is 330 g/mol. The van der Waals surface area contributed by atoms with Gasteiger partial charge < -0.3 is 15.2 Å². The van der Waals surface area contributed by atoms with Gasteiger partial charge in [0.2, 0.25) is 11.8 Å². The number of halogens is 1. The molecule has 3 heterocycles. The zero-order valence-electron chi connectivity index (χ0n) is 14.3. The summed E-state index contributed by atoms with van der Waals surface area (Å²) in [5, 5.41) is 10.4. The van der Waals surface area contributed by atoms with Crippen LogP contribution in [0, 0.1) is 5.92 Å². The summed E-state index contributed by atoms with van der Waals surface area (Å²) >= 11 is 0. The number of rotatable bonds is 6. The van der Waals surface area contributed by atoms with Crippen LogP contribution < -0.4 is 10.6 Å². The predicted octanol–water partition coefficient (Wildman–Crippen LogP) is 1.13. The van der Waals surface area contributed by atoms with E-state index in [1.165, 1.54) is 6.42 Å². The van der Waals surface area contributed by atoms with E-state index in [0.717, 1.165) is 64.2 Å². The largest absolute Gasteiger partial charge is 0.354 e. The summed E-state index contributed by atoms with van der Waals surface area (Å²) in [7, 11) is 0. The highest BCUT2D eigenvalue weighted by molar-refractivity contribution is 5.85. The highest BCUT2D eigenvalue weighted by atomic mass is 35.5. The van der Waals surface area contributed by atoms with Crippen molar-refractivity contribution < 1.29 is 9.32 Å². The zero-order valence-corrected chi connectivity index (χ0v) is 15.1. The Morgan fingerprint density at radius 1 is 1.42 bits per heavy atom. The molecule has 0 bridgehead atoms. The third kappa shape index (κ3) is 5.16. The lowest BCUT2D eigenvalue weighted by molar-refractivity contribution is -0.123. The Morgan fingerprint density at radius 2 is 2.29 bits per heavy atom. The van der Waals surface area contributed by atoms with Crippen LogP contribution in [0.4, 0.5) is 0 Å². The van der Waals surface area contributed by atoms with Crippen LogP contribution in [0.2, 0.25) is 0 Å². The number of carbonyl (C=O) groups excluding carboxylic acids is 1. The van der Waals surface area contributed by atoms with Crippen molar-refractivity contribution >= 4 is 18.3 Å². The van der Waals surface area contributed by atoms with Gasteiger partial charge >= 0.3 is 0 Å². The number of aryl methyl sites for hydroxylation is 1. The summed E-state index contributed by atoms with van der Waals surface area (Å²) in [6.45, 7) is 6.51. The second kappa shape index (κ2) is 9.34. The molecule has 2 N–H and O–H groups in total. The molecule has 0 aromatic carbocycles. The average Bonchev–Trinajstić information content (AvgIpc) is 3.24. The summed E-state index contributed by atoms with van der Waals surface area (Å²) in [6, 6.07) is 0.0153. The first-order valence-corrected chi connectivity index (χ1v) is 8.79. The summed E-state index contributed by atoms with van der Waals surface area (Å²) in [4.78, 5) is 18.8. The minimum absolute atomic E-state index is 0. The molecule has 7 nitrogen and oxygen atoms in total. The molecule has 8 heteroatoms. The molecule has 2 saturated heterocycles. The van der Waals surface area contributed by atoms with Gasteiger partial charge in [0.05, 0.1) is 12.6 Å². The number of piperidine rings is 1. The number of nitrogens with one attached hydrogen (secondary N) is 2. The Hall–Kier alpha value is -1.18. The topological polar surface area (TPSA) is 83.3 Å². The second-order valence-electron chi connectivity index (χ2n) is 6.60. The molecule has 136 valence electrons. The average molecular weight is 358 g/mol. The van der Waals surface area contributed by atoms with Crippen LogP contribution in [0.5, 0.6) is 0 Å². The fourth-order valence-corrected chi connectivity index (χ4v) is 3.44. The monoisotopic (exact) mass is 357 g/mol. The highest BCUT2D eigenvalue weighted by Gasteiger charge is 2.25. The van der Waals surface area contributed by atoms with Gasteiger partial charge in [0.25, 0.3) is 0 Å². The molecule has 1 aromatic heterocycles. The standard InChI is InChI=1S/C16H27N5O2.ClH/c1-2-15-19-14(20-23-15)11-21-8-4-5-12(10-21)9-18-16(22)13-6-3-7-17-13;/h12-13,17H,2-11H2,1H3,(H,18,22);1H. The number of hydrogen-bond donors (Lipinski definition) is 2. The van der Waals surface area contributed by atoms with Gasteiger partial charge in [-0.25, -0.2) is 0 Å². The predicted molar refractivity (Wildman–Crippen MR) is 93.0 cm³/mol. The van der Waals surface area contributed by atoms with Crippen LogP contribution in [0.1, 0.15) is 44.3 Å². The molecular formula is C16H28ClN5O2. The maximum atomic E-state index is 12.1. The lowest BCUT2D eigenvalue weighted by atomic mass is 9.98. The van der Waals surface area contributed by atoms with E-state index in [9.17, 15) is 4.79 Å². The Balaban J connectivity index is 0.00000208. The fourth-order valence-electron chi connectivity index (χ4n) is 3.44. The van der Waals surface area contributed by atoms with Crippen molar-refractivity contribution in [3.05, 3.63) is 11.7 Å². The van der Waals surface area contributed by atoms with Crippen molar-refractivity contribution in [3.63, 3.8) is 0 Å². The minimum atomic E-state index is 0. The van der Waals surface area contributed by atoms with Gasteiger partial charge in [0, 0.05) is 19.5 Å². The molecule has 0 radical (unpaired) electrons. The van der Waals surface area contributed by atoms with Crippen LogP contribution in [0.25, 0.3) is 0 Å². The number of amides is 1. The van der Waals surface area contributed by atoms with Gasteiger partial charge in [-0.15, -0.1) is 12.4 Å². The van der Waals surface area contributed by atoms with Crippen LogP contribution in [-0.4, -0.2) is 53.2 Å². The van der Waals surface area contributed by atoms with Crippen molar-refractivity contribution in [2.45, 2.75) is 51.6 Å². The van der Waals surface area contributed by atoms with Gasteiger partial charge in [0.1, 0.15) is 0 Å². The van der Waals surface area contributed by atoms with Gasteiger partial charge in [0.15, 0.2) is 5.82 Å². The minimum Gasteiger partial charge on any atom is -0.354 e. The van der Waals surface area contributed by atoms with E-state index >= 15 is 0 Å². The number of nitrogens with zero attached hydrogens (tertiary/aromatic N) is 3. The normalized spacial score (nSPS) is 24.5. The lowest BCUT2D eigenvalue weighted by Gasteiger charge is -2.32. The molecule has 2 atom stereocenters. The molecule has 2 unspecified atom stereocenters. The number of likely N-dealkylation sites (tertiary alicyclic amines) is 1. The van der Waals surface area contributed by atoms with Gasteiger partial charge in [-0.1, -0.05) is 12.1 Å². The summed E-state index contributed by atoms with van der Waals surface area (Å²) in [6.07, 6.45) is 5.15. The summed E-state index contributed by atoms with van der Waals surface area (Å²) in [5.74, 6) is 2.13. The van der Waals surface area contributed by atoms with Crippen molar-refractivity contribution in [1.29, 1.82) is 0 Å². The van der Waals surface area contributed by atoms with Crippen molar-refractivity contribution in [2.75, 3.05) is 26.2 Å². The first-order valence-electron chi connectivity index (χ1n) is 8.79. The molecule has 0 spiro atoms. The molecule has 2 fully saturated rings. The number of carbonyl (C=O) groups is 1. The summed E-state index contributed by atoms with van der Waals surface area (Å²) < 4.78 is 5.17. The SMILES string of the molecule is CCc1nc(CN2CCCC(CNC(=O)C3CCCN3)C2)no1.Cl. The first kappa shape index (κ1) is 19.1. The number of aromatic nitrogens is 2. The second-order valence-corrected chi connectivity index (χ2v) is 6.60. The smallest absolute Gasteiger partial charge is 0.237 e. The van der Waals surface area contributed by atoms with Gasteiger partial charge in [-0.2, -0.15) is 4.98 Å². The molecule has 24 heavy (non-hydrogen) atoms. The Kier molecular flexibility index (Phi) is 7.45. The van der Waals surface area contributed by atoms with E-state index in [-0.39, 0.29) is 24.4 Å². The quantitative estimate of drug-likeness (QED) is 0.794. The van der Waals surface area contributed by atoms with Crippen molar-refractivity contribution in [2.24, 2.45) is 5.92 Å². The molecule has 3 rings (SSSR count). The maximum Gasteiger partial charge on any atom is 0.237 e. The van der Waals surface area contributed by atoms with Crippen molar-refractivity contribution in [3.8, 4) is 0 Å². The molecule has 2 aliphatic rings. The first-order chi connectivity index (χ1) is 11.2. The van der Waals surface area contributed by atoms with Crippen LogP contribution in [-0.2, 0) is 17.8 Å². The summed E-state index contributed by atoms with van der Waals surface area (Å²) in [5.41, 5.74) is 0. The maximum absolute atomic E-state index is 12.1. The third-order valence-electron chi connectivity index (χ3n) is 4.72. The Labute approximate surface area is 149 Å². The van der Waals surface area contributed by atoms with Crippen LogP contribution in [0.15, 0.2) is 4.52 Å². The molecule has 1 amide bonds. The van der Waals surface area contributed by atoms with Gasteiger partial charge in [-0.05, 0) is 44.7 Å². The fraction of sp³-hybridized carbons (Fsp3) is 0.812. The Morgan fingerprint density at radius 3 is 3.00 bits per heavy atom. The van der Waals surface area contributed by atoms with Crippen LogP contribution >= 0.6 is 12.4 Å². The van der Waals surface area contributed by atoms with E-state index in [0.29, 0.717) is 11.8 Å².